The Hall–Kier alpha value is -0.430. The normalized spacial score (nSPS) is 16.3. The summed E-state index contributed by atoms with van der Waals surface area (Å²) >= 11 is 3.57. The van der Waals surface area contributed by atoms with Gasteiger partial charge in [0.05, 0.1) is 10.8 Å². The summed E-state index contributed by atoms with van der Waals surface area (Å²) in [5.41, 5.74) is 1.20. The van der Waals surface area contributed by atoms with Crippen molar-refractivity contribution in [1.29, 1.82) is 0 Å². The minimum absolute atomic E-state index is 0.934. The molecule has 0 amide bonds. The van der Waals surface area contributed by atoms with Crippen LogP contribution in [0, 0.1) is 11.8 Å². The van der Waals surface area contributed by atoms with Crippen LogP contribution in [0.15, 0.2) is 15.7 Å². The van der Waals surface area contributed by atoms with Crippen molar-refractivity contribution in [3.05, 3.63) is 17.0 Å². The molecule has 80 valence electrons. The van der Waals surface area contributed by atoms with E-state index in [9.17, 15) is 0 Å². The van der Waals surface area contributed by atoms with Crippen molar-refractivity contribution in [3.63, 3.8) is 0 Å². The first-order valence-electron chi connectivity index (χ1n) is 5.23. The molecule has 0 aromatic carbocycles. The Morgan fingerprint density at radius 3 is 3.00 bits per heavy atom. The van der Waals surface area contributed by atoms with Gasteiger partial charge in [-0.3, -0.25) is 4.90 Å². The molecule has 0 radical (unpaired) electrons. The number of hydrogen-bond donors (Lipinski definition) is 0. The van der Waals surface area contributed by atoms with Crippen molar-refractivity contribution in [1.82, 2.24) is 4.90 Å². The number of likely N-dealkylation sites (tertiary alicyclic amines) is 1. The summed E-state index contributed by atoms with van der Waals surface area (Å²) in [5.74, 6) is 6.54. The lowest BCUT2D eigenvalue weighted by atomic mass is 10.3. The Kier molecular flexibility index (Phi) is 4.13. The van der Waals surface area contributed by atoms with Crippen molar-refractivity contribution < 1.29 is 0 Å². The van der Waals surface area contributed by atoms with E-state index in [2.05, 4.69) is 34.4 Å². The molecule has 0 atom stereocenters. The van der Waals surface area contributed by atoms with Gasteiger partial charge in [0.2, 0.25) is 0 Å². The van der Waals surface area contributed by atoms with Crippen molar-refractivity contribution in [3.8, 4) is 11.8 Å². The maximum Gasteiger partial charge on any atom is 0.0752 e. The van der Waals surface area contributed by atoms with Crippen LogP contribution in [-0.2, 0) is 0 Å². The molecule has 0 spiro atoms. The van der Waals surface area contributed by atoms with Gasteiger partial charge < -0.3 is 0 Å². The van der Waals surface area contributed by atoms with Crippen molar-refractivity contribution in [2.24, 2.45) is 0 Å². The van der Waals surface area contributed by atoms with E-state index in [0.717, 1.165) is 6.54 Å². The molecule has 1 fully saturated rings. The molecule has 2 rings (SSSR count). The molecule has 1 aromatic rings. The Bertz CT molecular complexity index is 366. The standard InChI is InChI=1S/C12H15NS2/c1-14-12-11(6-10-15-12)5-4-9-13-7-2-3-8-13/h6,10H,2-3,7-9H2,1H3. The minimum atomic E-state index is 0.934. The van der Waals surface area contributed by atoms with Gasteiger partial charge in [-0.25, -0.2) is 0 Å². The maximum atomic E-state index is 3.27. The summed E-state index contributed by atoms with van der Waals surface area (Å²) in [4.78, 5) is 2.43. The molecule has 1 nitrogen and oxygen atoms in total. The summed E-state index contributed by atoms with van der Waals surface area (Å²) in [6, 6.07) is 2.12. The smallest absolute Gasteiger partial charge is 0.0752 e. The van der Waals surface area contributed by atoms with E-state index in [4.69, 9.17) is 0 Å². The first kappa shape index (κ1) is 11.1. The fourth-order valence-electron chi connectivity index (χ4n) is 1.73. The van der Waals surface area contributed by atoms with Crippen molar-refractivity contribution in [2.75, 3.05) is 25.9 Å². The largest absolute Gasteiger partial charge is 0.292 e. The lowest BCUT2D eigenvalue weighted by Gasteiger charge is -2.08. The highest BCUT2D eigenvalue weighted by molar-refractivity contribution is 8.00. The highest BCUT2D eigenvalue weighted by atomic mass is 32.2. The molecule has 0 saturated carbocycles. The average molecular weight is 237 g/mol. The molecule has 0 aliphatic carbocycles. The van der Waals surface area contributed by atoms with Gasteiger partial charge in [0, 0.05) is 5.56 Å². The number of rotatable bonds is 2. The molecule has 1 aliphatic heterocycles. The van der Waals surface area contributed by atoms with Gasteiger partial charge in [0.25, 0.3) is 0 Å². The topological polar surface area (TPSA) is 3.24 Å². The zero-order valence-corrected chi connectivity index (χ0v) is 10.6. The monoisotopic (exact) mass is 237 g/mol. The quantitative estimate of drug-likeness (QED) is 0.575. The molecular formula is C12H15NS2. The number of thioether (sulfide) groups is 1. The zero-order valence-electron chi connectivity index (χ0n) is 8.95. The number of nitrogens with zero attached hydrogens (tertiary/aromatic N) is 1. The lowest BCUT2D eigenvalue weighted by molar-refractivity contribution is 0.383. The fraction of sp³-hybridized carbons (Fsp3) is 0.500. The van der Waals surface area contributed by atoms with Crippen molar-refractivity contribution in [2.45, 2.75) is 17.1 Å². The van der Waals surface area contributed by atoms with Crippen LogP contribution in [0.5, 0.6) is 0 Å². The molecule has 3 heteroatoms. The maximum absolute atomic E-state index is 3.27. The van der Waals surface area contributed by atoms with Gasteiger partial charge in [-0.2, -0.15) is 0 Å². The third-order valence-corrected chi connectivity index (χ3v) is 4.63. The lowest BCUT2D eigenvalue weighted by Crippen LogP contribution is -2.18. The van der Waals surface area contributed by atoms with Crippen molar-refractivity contribution >= 4 is 23.1 Å². The Morgan fingerprint density at radius 1 is 1.47 bits per heavy atom. The third kappa shape index (κ3) is 3.01. The molecule has 0 unspecified atom stereocenters. The Morgan fingerprint density at radius 2 is 2.27 bits per heavy atom. The van der Waals surface area contributed by atoms with Crippen LogP contribution in [0.3, 0.4) is 0 Å². The van der Waals surface area contributed by atoms with Crippen LogP contribution in [0.1, 0.15) is 18.4 Å². The van der Waals surface area contributed by atoms with Gasteiger partial charge in [-0.1, -0.05) is 11.8 Å². The van der Waals surface area contributed by atoms with Gasteiger partial charge >= 0.3 is 0 Å². The van der Waals surface area contributed by atoms with Gasteiger partial charge in [0.1, 0.15) is 0 Å². The second-order valence-corrected chi connectivity index (χ2v) is 5.60. The van der Waals surface area contributed by atoms with Crippen LogP contribution in [-0.4, -0.2) is 30.8 Å². The van der Waals surface area contributed by atoms with Crippen LogP contribution in [0.4, 0.5) is 0 Å². The zero-order chi connectivity index (χ0) is 10.5. The van der Waals surface area contributed by atoms with E-state index >= 15 is 0 Å². The van der Waals surface area contributed by atoms with E-state index in [1.807, 2.05) is 0 Å². The third-order valence-electron chi connectivity index (χ3n) is 2.54. The predicted octanol–water partition coefficient (Wildman–Crippen LogP) is 2.92. The summed E-state index contributed by atoms with van der Waals surface area (Å²) < 4.78 is 1.34. The Balaban J connectivity index is 1.92. The van der Waals surface area contributed by atoms with E-state index in [-0.39, 0.29) is 0 Å². The molecule has 1 aromatic heterocycles. The predicted molar refractivity (Wildman–Crippen MR) is 68.7 cm³/mol. The van der Waals surface area contributed by atoms with E-state index in [1.54, 1.807) is 23.1 Å². The Labute approximate surface area is 99.9 Å². The van der Waals surface area contributed by atoms with Crippen LogP contribution >= 0.6 is 23.1 Å². The summed E-state index contributed by atoms with van der Waals surface area (Å²) in [6.45, 7) is 3.39. The minimum Gasteiger partial charge on any atom is -0.292 e. The average Bonchev–Trinajstić information content (AvgIpc) is 2.88. The summed E-state index contributed by atoms with van der Waals surface area (Å²) in [7, 11) is 0. The van der Waals surface area contributed by atoms with Gasteiger partial charge in [-0.05, 0) is 43.6 Å². The first-order chi connectivity index (χ1) is 7.40. The molecule has 1 saturated heterocycles. The second-order valence-electron chi connectivity index (χ2n) is 3.61. The number of hydrogen-bond acceptors (Lipinski definition) is 3. The highest BCUT2D eigenvalue weighted by Gasteiger charge is 2.08. The molecule has 1 aliphatic rings. The molecule has 0 N–H and O–H groups in total. The SMILES string of the molecule is CSc1sccc1C#CCN1CCCC1. The highest BCUT2D eigenvalue weighted by Crippen LogP contribution is 2.25. The van der Waals surface area contributed by atoms with E-state index in [0.29, 0.717) is 0 Å². The van der Waals surface area contributed by atoms with Gasteiger partial charge in [-0.15, -0.1) is 23.1 Å². The molecule has 2 heterocycles. The van der Waals surface area contributed by atoms with Gasteiger partial charge in [0.15, 0.2) is 0 Å². The summed E-state index contributed by atoms with van der Waals surface area (Å²) in [5, 5.41) is 2.12. The van der Waals surface area contributed by atoms with Crippen LogP contribution in [0.2, 0.25) is 0 Å². The summed E-state index contributed by atoms with van der Waals surface area (Å²) in [6.07, 6.45) is 4.80. The molecule has 15 heavy (non-hydrogen) atoms. The van der Waals surface area contributed by atoms with E-state index < -0.39 is 0 Å². The first-order valence-corrected chi connectivity index (χ1v) is 7.33. The van der Waals surface area contributed by atoms with E-state index in [1.165, 1.54) is 35.7 Å². The molecular weight excluding hydrogens is 222 g/mol. The second kappa shape index (κ2) is 5.60. The molecule has 0 bridgehead atoms. The fourth-order valence-corrected chi connectivity index (χ4v) is 3.20. The number of thiophene rings is 1. The van der Waals surface area contributed by atoms with Crippen LogP contribution < -0.4 is 0 Å². The van der Waals surface area contributed by atoms with Crippen LogP contribution in [0.25, 0.3) is 0 Å².